The number of aliphatic imine (C=N–C) groups is 2. The molecule has 7 heteroatoms. The highest BCUT2D eigenvalue weighted by Gasteiger charge is 2.40. The number of hydrogen-bond donors (Lipinski definition) is 0. The molecule has 1 aromatic carbocycles. The van der Waals surface area contributed by atoms with E-state index in [1.54, 1.807) is 20.9 Å². The van der Waals surface area contributed by atoms with Crippen molar-refractivity contribution in [1.82, 2.24) is 9.13 Å². The van der Waals surface area contributed by atoms with Crippen molar-refractivity contribution in [3.63, 3.8) is 0 Å². The third-order valence-electron chi connectivity index (χ3n) is 5.87. The van der Waals surface area contributed by atoms with Gasteiger partial charge in [0.05, 0.1) is 16.1 Å². The number of thioether (sulfide) groups is 1. The first-order valence-corrected chi connectivity index (χ1v) is 10.8. The molecule has 1 aromatic heterocycles. The Balaban J connectivity index is 1.58. The zero-order valence-electron chi connectivity index (χ0n) is 16.1. The number of amidine groups is 1. The molecule has 2 aliphatic heterocycles. The lowest BCUT2D eigenvalue weighted by Gasteiger charge is -2.18. The number of aryl methyl sites for hydroxylation is 2. The van der Waals surface area contributed by atoms with Crippen LogP contribution in [0.1, 0.15) is 45.1 Å². The molecule has 1 atom stereocenters. The van der Waals surface area contributed by atoms with Gasteiger partial charge in [0.25, 0.3) is 5.91 Å². The number of hydrogen-bond acceptors (Lipinski definition) is 4. The summed E-state index contributed by atoms with van der Waals surface area (Å²) in [4.78, 5) is 35.9. The summed E-state index contributed by atoms with van der Waals surface area (Å²) >= 11 is 1.67. The van der Waals surface area contributed by atoms with Gasteiger partial charge in [-0.2, -0.15) is 4.99 Å². The lowest BCUT2D eigenvalue weighted by atomic mass is 9.89. The largest absolute Gasteiger partial charge is 0.329 e. The van der Waals surface area contributed by atoms with Crippen LogP contribution in [0.5, 0.6) is 0 Å². The summed E-state index contributed by atoms with van der Waals surface area (Å²) in [6, 6.07) is 5.79. The average Bonchev–Trinajstić information content (AvgIpc) is 3.21. The highest BCUT2D eigenvalue weighted by atomic mass is 32.2. The van der Waals surface area contributed by atoms with E-state index in [0.29, 0.717) is 18.9 Å². The standard InChI is InChI=1S/C21H22N4O2S/c1-3-24-14-10-9-12(11-15(14)25(4-2)21(24)27)18-22-19(26)17-13-7-5-6-8-16(13)28-20(17)23-18/h9-11,17H,3-8H2,1-2H3. The van der Waals surface area contributed by atoms with E-state index in [1.165, 1.54) is 16.9 Å². The Morgan fingerprint density at radius 3 is 2.57 bits per heavy atom. The van der Waals surface area contributed by atoms with Crippen LogP contribution in [0, 0.1) is 5.92 Å². The first-order valence-electron chi connectivity index (χ1n) is 9.96. The molecule has 0 bridgehead atoms. The number of nitrogens with zero attached hydrogens (tertiary/aromatic N) is 4. The van der Waals surface area contributed by atoms with E-state index < -0.39 is 0 Å². The average molecular weight is 395 g/mol. The summed E-state index contributed by atoms with van der Waals surface area (Å²) in [5.41, 5.74) is 3.79. The molecule has 144 valence electrons. The monoisotopic (exact) mass is 394 g/mol. The Morgan fingerprint density at radius 2 is 1.79 bits per heavy atom. The van der Waals surface area contributed by atoms with Gasteiger partial charge in [-0.1, -0.05) is 11.8 Å². The SMILES string of the molecule is CCn1c(=O)n(CC)c2cc(C3=NC(=O)C4C(=N3)SC3=C4CCCC3)ccc21. The van der Waals surface area contributed by atoms with Gasteiger partial charge in [-0.15, -0.1) is 0 Å². The van der Waals surface area contributed by atoms with Crippen molar-refractivity contribution < 1.29 is 4.79 Å². The summed E-state index contributed by atoms with van der Waals surface area (Å²) in [5.74, 6) is 0.117. The molecule has 6 nitrogen and oxygen atoms in total. The van der Waals surface area contributed by atoms with Crippen LogP contribution in [0.2, 0.25) is 0 Å². The van der Waals surface area contributed by atoms with E-state index in [4.69, 9.17) is 4.99 Å². The minimum absolute atomic E-state index is 0.00610. The van der Waals surface area contributed by atoms with Crippen molar-refractivity contribution in [3.05, 3.63) is 44.7 Å². The highest BCUT2D eigenvalue weighted by molar-refractivity contribution is 8.17. The second-order valence-electron chi connectivity index (χ2n) is 7.39. The fraction of sp³-hybridized carbons (Fsp3) is 0.429. The molecular weight excluding hydrogens is 372 g/mol. The lowest BCUT2D eigenvalue weighted by molar-refractivity contribution is -0.118. The number of amides is 1. The van der Waals surface area contributed by atoms with Gasteiger partial charge in [0, 0.05) is 18.7 Å². The van der Waals surface area contributed by atoms with Gasteiger partial charge in [0.2, 0.25) is 0 Å². The summed E-state index contributed by atoms with van der Waals surface area (Å²) in [6.45, 7) is 5.15. The summed E-state index contributed by atoms with van der Waals surface area (Å²) < 4.78 is 3.53. The number of aromatic nitrogens is 2. The van der Waals surface area contributed by atoms with Crippen molar-refractivity contribution in [2.75, 3.05) is 0 Å². The Kier molecular flexibility index (Phi) is 4.16. The van der Waals surface area contributed by atoms with Crippen molar-refractivity contribution in [1.29, 1.82) is 0 Å². The van der Waals surface area contributed by atoms with Crippen LogP contribution in [0.3, 0.4) is 0 Å². The maximum absolute atomic E-state index is 12.8. The number of imidazole rings is 1. The predicted molar refractivity (Wildman–Crippen MR) is 113 cm³/mol. The zero-order chi connectivity index (χ0) is 19.4. The summed E-state index contributed by atoms with van der Waals surface area (Å²) in [6.07, 6.45) is 4.37. The quantitative estimate of drug-likeness (QED) is 0.797. The van der Waals surface area contributed by atoms with Gasteiger partial charge in [0.15, 0.2) is 5.84 Å². The van der Waals surface area contributed by atoms with Gasteiger partial charge in [-0.3, -0.25) is 13.9 Å². The summed E-state index contributed by atoms with van der Waals surface area (Å²) in [7, 11) is 0. The van der Waals surface area contributed by atoms with Gasteiger partial charge in [-0.25, -0.2) is 9.79 Å². The van der Waals surface area contributed by atoms with Crippen LogP contribution < -0.4 is 5.69 Å². The number of fused-ring (bicyclic) bond motifs is 3. The van der Waals surface area contributed by atoms with E-state index >= 15 is 0 Å². The van der Waals surface area contributed by atoms with E-state index in [-0.39, 0.29) is 17.5 Å². The predicted octanol–water partition coefficient (Wildman–Crippen LogP) is 3.72. The molecule has 1 aliphatic carbocycles. The van der Waals surface area contributed by atoms with Gasteiger partial charge in [-0.05, 0) is 68.2 Å². The van der Waals surface area contributed by atoms with Crippen LogP contribution in [0.15, 0.2) is 43.5 Å². The van der Waals surface area contributed by atoms with Crippen LogP contribution in [0.25, 0.3) is 11.0 Å². The fourth-order valence-electron chi connectivity index (χ4n) is 4.50. The Bertz CT molecular complexity index is 1170. The molecule has 28 heavy (non-hydrogen) atoms. The second-order valence-corrected chi connectivity index (χ2v) is 8.50. The lowest BCUT2D eigenvalue weighted by Crippen LogP contribution is -2.26. The van der Waals surface area contributed by atoms with Crippen LogP contribution in [-0.2, 0) is 17.9 Å². The molecule has 3 heterocycles. The number of benzene rings is 1. The zero-order valence-corrected chi connectivity index (χ0v) is 16.9. The molecule has 0 saturated carbocycles. The first-order chi connectivity index (χ1) is 13.6. The topological polar surface area (TPSA) is 68.7 Å². The minimum atomic E-state index is -0.247. The molecule has 1 unspecified atom stereocenters. The number of carbonyl (C=O) groups is 1. The maximum atomic E-state index is 12.8. The van der Waals surface area contributed by atoms with Crippen molar-refractivity contribution >= 4 is 39.6 Å². The number of rotatable bonds is 3. The first kappa shape index (κ1) is 17.7. The normalized spacial score (nSPS) is 21.6. The molecule has 5 rings (SSSR count). The molecule has 3 aliphatic rings. The van der Waals surface area contributed by atoms with Gasteiger partial charge in [0.1, 0.15) is 5.92 Å². The van der Waals surface area contributed by atoms with E-state index in [2.05, 4.69) is 4.99 Å². The number of allylic oxidation sites excluding steroid dienone is 1. The third-order valence-corrected chi connectivity index (χ3v) is 7.12. The van der Waals surface area contributed by atoms with Crippen LogP contribution in [-0.4, -0.2) is 25.9 Å². The molecular formula is C21H22N4O2S. The van der Waals surface area contributed by atoms with Crippen molar-refractivity contribution in [3.8, 4) is 0 Å². The van der Waals surface area contributed by atoms with E-state index in [9.17, 15) is 9.59 Å². The Labute approximate surface area is 167 Å². The molecule has 1 amide bonds. The Hall–Kier alpha value is -2.41. The highest BCUT2D eigenvalue weighted by Crippen LogP contribution is 2.47. The molecule has 2 aromatic rings. The van der Waals surface area contributed by atoms with Crippen molar-refractivity contribution in [2.24, 2.45) is 15.9 Å². The molecule has 0 saturated heterocycles. The van der Waals surface area contributed by atoms with Gasteiger partial charge < -0.3 is 0 Å². The van der Waals surface area contributed by atoms with E-state index in [0.717, 1.165) is 40.9 Å². The van der Waals surface area contributed by atoms with Crippen LogP contribution in [0.4, 0.5) is 0 Å². The van der Waals surface area contributed by atoms with E-state index in [1.807, 2.05) is 32.0 Å². The molecule has 0 N–H and O–H groups in total. The maximum Gasteiger partial charge on any atom is 0.329 e. The number of carbonyl (C=O) groups excluding carboxylic acids is 1. The summed E-state index contributed by atoms with van der Waals surface area (Å²) in [5, 5.41) is 0.876. The fourth-order valence-corrected chi connectivity index (χ4v) is 5.84. The van der Waals surface area contributed by atoms with Gasteiger partial charge >= 0.3 is 5.69 Å². The second kappa shape index (κ2) is 6.58. The third kappa shape index (κ3) is 2.49. The molecule has 0 fully saturated rings. The minimum Gasteiger partial charge on any atom is -0.292 e. The van der Waals surface area contributed by atoms with Crippen molar-refractivity contribution in [2.45, 2.75) is 52.6 Å². The molecule has 0 spiro atoms. The smallest absolute Gasteiger partial charge is 0.292 e. The Morgan fingerprint density at radius 1 is 1.04 bits per heavy atom. The van der Waals surface area contributed by atoms with Crippen LogP contribution >= 0.6 is 11.8 Å². The molecule has 0 radical (unpaired) electrons.